The second kappa shape index (κ2) is 6.53. The minimum Gasteiger partial charge on any atom is -0.354 e. The fourth-order valence-electron chi connectivity index (χ4n) is 2.14. The third kappa shape index (κ3) is 3.36. The van der Waals surface area contributed by atoms with Crippen LogP contribution in [0.4, 0.5) is 0 Å². The first-order valence-electron chi connectivity index (χ1n) is 7.05. The van der Waals surface area contributed by atoms with E-state index in [0.717, 1.165) is 5.56 Å². The molecule has 0 radical (unpaired) electrons. The van der Waals surface area contributed by atoms with Gasteiger partial charge in [0.1, 0.15) is 0 Å². The zero-order valence-corrected chi connectivity index (χ0v) is 12.3. The number of likely N-dealkylation sites (N-methyl/N-ethyl adjacent to an activating group) is 1. The molecule has 3 heteroatoms. The molecule has 0 heterocycles. The van der Waals surface area contributed by atoms with Gasteiger partial charge in [0.25, 0.3) is 0 Å². The van der Waals surface area contributed by atoms with Crippen molar-refractivity contribution in [1.82, 2.24) is 10.6 Å². The van der Waals surface area contributed by atoms with Crippen molar-refractivity contribution in [2.45, 2.75) is 25.8 Å². The molecule has 0 fully saturated rings. The molecule has 0 aliphatic heterocycles. The number of carbonyl (C=O) groups is 1. The molecular weight excluding hydrogens is 248 g/mol. The van der Waals surface area contributed by atoms with Crippen molar-refractivity contribution in [3.05, 3.63) is 48.0 Å². The highest BCUT2D eigenvalue weighted by Gasteiger charge is 2.15. The summed E-state index contributed by atoms with van der Waals surface area (Å²) in [7, 11) is 1.89. The molecule has 20 heavy (non-hydrogen) atoms. The Morgan fingerprint density at radius 3 is 2.50 bits per heavy atom. The lowest BCUT2D eigenvalue weighted by molar-refractivity contribution is -0.122. The normalized spacial score (nSPS) is 13.9. The van der Waals surface area contributed by atoms with Gasteiger partial charge in [-0.3, -0.25) is 4.79 Å². The van der Waals surface area contributed by atoms with E-state index in [1.807, 2.05) is 39.1 Å². The number of amides is 1. The van der Waals surface area contributed by atoms with Crippen LogP contribution < -0.4 is 10.6 Å². The summed E-state index contributed by atoms with van der Waals surface area (Å²) in [6, 6.07) is 14.7. The van der Waals surface area contributed by atoms with Crippen LogP contribution in [0, 0.1) is 0 Å². The van der Waals surface area contributed by atoms with Crippen LogP contribution in [0.5, 0.6) is 0 Å². The number of hydrogen-bond donors (Lipinski definition) is 2. The molecule has 0 saturated heterocycles. The van der Waals surface area contributed by atoms with E-state index in [2.05, 4.69) is 34.9 Å². The van der Waals surface area contributed by atoms with Crippen LogP contribution in [0.25, 0.3) is 10.8 Å². The highest BCUT2D eigenvalue weighted by atomic mass is 16.1. The molecule has 2 rings (SSSR count). The van der Waals surface area contributed by atoms with E-state index in [9.17, 15) is 4.79 Å². The summed E-state index contributed by atoms with van der Waals surface area (Å²) >= 11 is 0. The van der Waals surface area contributed by atoms with E-state index in [1.54, 1.807) is 0 Å². The molecule has 3 nitrogen and oxygen atoms in total. The van der Waals surface area contributed by atoms with E-state index >= 15 is 0 Å². The Hall–Kier alpha value is -1.87. The summed E-state index contributed by atoms with van der Waals surface area (Å²) in [6.45, 7) is 4.64. The number of fused-ring (bicyclic) bond motifs is 1. The van der Waals surface area contributed by atoms with E-state index < -0.39 is 0 Å². The van der Waals surface area contributed by atoms with Gasteiger partial charge in [0.2, 0.25) is 5.91 Å². The van der Waals surface area contributed by atoms with Crippen molar-refractivity contribution in [1.29, 1.82) is 0 Å². The van der Waals surface area contributed by atoms with Gasteiger partial charge in [0.15, 0.2) is 0 Å². The van der Waals surface area contributed by atoms with E-state index in [4.69, 9.17) is 0 Å². The Kier molecular flexibility index (Phi) is 4.74. The molecule has 2 atom stereocenters. The number of nitrogens with one attached hydrogen (secondary N) is 2. The first-order valence-corrected chi connectivity index (χ1v) is 7.05. The first kappa shape index (κ1) is 14.5. The summed E-state index contributed by atoms with van der Waals surface area (Å²) < 4.78 is 0. The molecule has 106 valence electrons. The van der Waals surface area contributed by atoms with E-state index in [1.165, 1.54) is 10.8 Å². The van der Waals surface area contributed by atoms with Crippen molar-refractivity contribution in [2.24, 2.45) is 0 Å². The Morgan fingerprint density at radius 2 is 1.80 bits per heavy atom. The fraction of sp³-hybridized carbons (Fsp3) is 0.353. The highest BCUT2D eigenvalue weighted by Crippen LogP contribution is 2.21. The van der Waals surface area contributed by atoms with Gasteiger partial charge in [0.05, 0.1) is 5.92 Å². The average molecular weight is 270 g/mol. The zero-order chi connectivity index (χ0) is 14.5. The zero-order valence-electron chi connectivity index (χ0n) is 12.3. The fourth-order valence-corrected chi connectivity index (χ4v) is 2.14. The third-order valence-corrected chi connectivity index (χ3v) is 3.74. The lowest BCUT2D eigenvalue weighted by atomic mass is 9.97. The van der Waals surface area contributed by atoms with Crippen LogP contribution in [0.15, 0.2) is 42.5 Å². The average Bonchev–Trinajstić information content (AvgIpc) is 2.50. The van der Waals surface area contributed by atoms with Crippen molar-refractivity contribution >= 4 is 16.7 Å². The first-order chi connectivity index (χ1) is 9.61. The molecule has 1 amide bonds. The number of hydrogen-bond acceptors (Lipinski definition) is 2. The molecule has 2 aromatic rings. The monoisotopic (exact) mass is 270 g/mol. The standard InChI is InChI=1S/C17H22N2O/c1-12(18-3)11-19-17(20)13(2)15-9-8-14-6-4-5-7-16(14)10-15/h4-10,12-13,18H,11H2,1-3H3,(H,19,20). The lowest BCUT2D eigenvalue weighted by Crippen LogP contribution is -2.38. The summed E-state index contributed by atoms with van der Waals surface area (Å²) in [5, 5.41) is 8.46. The molecule has 0 aliphatic rings. The van der Waals surface area contributed by atoms with Gasteiger partial charge in [-0.2, -0.15) is 0 Å². The van der Waals surface area contributed by atoms with E-state index in [0.29, 0.717) is 6.54 Å². The molecule has 0 saturated carbocycles. The van der Waals surface area contributed by atoms with Gasteiger partial charge in [-0.1, -0.05) is 42.5 Å². The minimum absolute atomic E-state index is 0.0716. The van der Waals surface area contributed by atoms with E-state index in [-0.39, 0.29) is 17.9 Å². The number of carbonyl (C=O) groups excluding carboxylic acids is 1. The quantitative estimate of drug-likeness (QED) is 0.877. The molecule has 2 aromatic carbocycles. The Bertz CT molecular complexity index is 594. The largest absolute Gasteiger partial charge is 0.354 e. The maximum Gasteiger partial charge on any atom is 0.227 e. The maximum atomic E-state index is 12.2. The molecule has 2 N–H and O–H groups in total. The Morgan fingerprint density at radius 1 is 1.10 bits per heavy atom. The minimum atomic E-state index is -0.135. The van der Waals surface area contributed by atoms with Crippen LogP contribution in [0.1, 0.15) is 25.3 Å². The van der Waals surface area contributed by atoms with Gasteiger partial charge in [-0.05, 0) is 37.2 Å². The van der Waals surface area contributed by atoms with Crippen LogP contribution in [0.3, 0.4) is 0 Å². The van der Waals surface area contributed by atoms with Gasteiger partial charge in [0, 0.05) is 12.6 Å². The molecular formula is C17H22N2O. The lowest BCUT2D eigenvalue weighted by Gasteiger charge is -2.16. The smallest absolute Gasteiger partial charge is 0.227 e. The molecule has 0 bridgehead atoms. The van der Waals surface area contributed by atoms with Crippen molar-refractivity contribution in [3.8, 4) is 0 Å². The summed E-state index contributed by atoms with van der Waals surface area (Å²) in [6.07, 6.45) is 0. The topological polar surface area (TPSA) is 41.1 Å². The molecule has 2 unspecified atom stereocenters. The summed E-state index contributed by atoms with van der Waals surface area (Å²) in [5.74, 6) is -0.0638. The van der Waals surface area contributed by atoms with Crippen molar-refractivity contribution in [2.75, 3.05) is 13.6 Å². The number of rotatable bonds is 5. The van der Waals surface area contributed by atoms with Crippen LogP contribution in [-0.4, -0.2) is 25.5 Å². The second-order valence-electron chi connectivity index (χ2n) is 5.26. The highest BCUT2D eigenvalue weighted by molar-refractivity contribution is 5.87. The van der Waals surface area contributed by atoms with Gasteiger partial charge in [-0.25, -0.2) is 0 Å². The predicted molar refractivity (Wildman–Crippen MR) is 83.9 cm³/mol. The predicted octanol–water partition coefficient (Wildman–Crippen LogP) is 2.67. The van der Waals surface area contributed by atoms with Gasteiger partial charge < -0.3 is 10.6 Å². The van der Waals surface area contributed by atoms with Gasteiger partial charge >= 0.3 is 0 Å². The summed E-state index contributed by atoms with van der Waals surface area (Å²) in [5.41, 5.74) is 1.05. The SMILES string of the molecule is CNC(C)CNC(=O)C(C)c1ccc2ccccc2c1. The van der Waals surface area contributed by atoms with Crippen molar-refractivity contribution in [3.63, 3.8) is 0 Å². The number of benzene rings is 2. The Balaban J connectivity index is 2.10. The van der Waals surface area contributed by atoms with Gasteiger partial charge in [-0.15, -0.1) is 0 Å². The second-order valence-corrected chi connectivity index (χ2v) is 5.26. The Labute approximate surface area is 120 Å². The third-order valence-electron chi connectivity index (χ3n) is 3.74. The maximum absolute atomic E-state index is 12.2. The van der Waals surface area contributed by atoms with Crippen LogP contribution >= 0.6 is 0 Å². The van der Waals surface area contributed by atoms with Crippen LogP contribution in [-0.2, 0) is 4.79 Å². The molecule has 0 aliphatic carbocycles. The summed E-state index contributed by atoms with van der Waals surface area (Å²) in [4.78, 5) is 12.2. The molecule has 0 spiro atoms. The molecule has 0 aromatic heterocycles. The van der Waals surface area contributed by atoms with Crippen LogP contribution in [0.2, 0.25) is 0 Å². The van der Waals surface area contributed by atoms with Crippen molar-refractivity contribution < 1.29 is 4.79 Å².